The van der Waals surface area contributed by atoms with Gasteiger partial charge in [0.1, 0.15) is 5.76 Å². The Hall–Kier alpha value is -1.07. The van der Waals surface area contributed by atoms with Crippen LogP contribution in [0.3, 0.4) is 0 Å². The van der Waals surface area contributed by atoms with Gasteiger partial charge in [0.15, 0.2) is 10.2 Å². The molecule has 0 aliphatic carbocycles. The summed E-state index contributed by atoms with van der Waals surface area (Å²) in [6, 6.07) is 3.28. The molecule has 0 fully saturated rings. The van der Waals surface area contributed by atoms with E-state index in [2.05, 4.69) is 27.8 Å². The van der Waals surface area contributed by atoms with Gasteiger partial charge < -0.3 is 9.52 Å². The van der Waals surface area contributed by atoms with Crippen LogP contribution >= 0.6 is 15.9 Å². The van der Waals surface area contributed by atoms with Crippen molar-refractivity contribution in [2.75, 3.05) is 6.54 Å². The molecule has 0 spiro atoms. The van der Waals surface area contributed by atoms with Crippen LogP contribution in [0.4, 0.5) is 0 Å². The molecule has 82 valence electrons. The van der Waals surface area contributed by atoms with E-state index >= 15 is 0 Å². The number of aliphatic carboxylic acids is 1. The van der Waals surface area contributed by atoms with Crippen LogP contribution in [0.15, 0.2) is 33.9 Å². The average molecular weight is 274 g/mol. The molecule has 1 rings (SSSR count). The van der Waals surface area contributed by atoms with Gasteiger partial charge in [-0.25, -0.2) is 4.79 Å². The molecular formula is C10H12BrNO3. The summed E-state index contributed by atoms with van der Waals surface area (Å²) >= 11 is 3.13. The Balaban J connectivity index is 3.00. The third-order valence-corrected chi connectivity index (χ3v) is 2.52. The van der Waals surface area contributed by atoms with Crippen LogP contribution in [0.5, 0.6) is 0 Å². The maximum atomic E-state index is 11.2. The van der Waals surface area contributed by atoms with Crippen LogP contribution in [0, 0.1) is 0 Å². The molecule has 5 heteroatoms. The van der Waals surface area contributed by atoms with Gasteiger partial charge in [-0.15, -0.1) is 6.58 Å². The summed E-state index contributed by atoms with van der Waals surface area (Å²) in [7, 11) is 0. The lowest BCUT2D eigenvalue weighted by Crippen LogP contribution is -2.46. The van der Waals surface area contributed by atoms with Gasteiger partial charge in [-0.1, -0.05) is 6.08 Å². The standard InChI is InChI=1S/C10H12BrNO3/c1-3-6-12-10(2,9(13)14)7-4-5-8(11)15-7/h3-5,12H,1,6H2,2H3,(H,13,14). The summed E-state index contributed by atoms with van der Waals surface area (Å²) in [5, 5.41) is 12.0. The number of hydrogen-bond donors (Lipinski definition) is 2. The highest BCUT2D eigenvalue weighted by Gasteiger charge is 2.37. The minimum absolute atomic E-state index is 0.351. The predicted molar refractivity (Wildman–Crippen MR) is 59.6 cm³/mol. The molecule has 0 saturated carbocycles. The highest BCUT2D eigenvalue weighted by atomic mass is 79.9. The largest absolute Gasteiger partial charge is 0.480 e. The molecule has 0 aliphatic heterocycles. The van der Waals surface area contributed by atoms with E-state index in [1.807, 2.05) is 0 Å². The fraction of sp³-hybridized carbons (Fsp3) is 0.300. The molecule has 1 unspecified atom stereocenters. The minimum Gasteiger partial charge on any atom is -0.480 e. The highest BCUT2D eigenvalue weighted by Crippen LogP contribution is 2.25. The summed E-state index contributed by atoms with van der Waals surface area (Å²) in [5.74, 6) is -0.644. The molecule has 0 amide bonds. The van der Waals surface area contributed by atoms with Crippen molar-refractivity contribution in [3.05, 3.63) is 35.2 Å². The van der Waals surface area contributed by atoms with Gasteiger partial charge >= 0.3 is 5.97 Å². The third kappa shape index (κ3) is 2.49. The van der Waals surface area contributed by atoms with E-state index in [9.17, 15) is 4.79 Å². The number of furan rings is 1. The topological polar surface area (TPSA) is 62.5 Å². The van der Waals surface area contributed by atoms with Crippen LogP contribution in [0.25, 0.3) is 0 Å². The lowest BCUT2D eigenvalue weighted by atomic mass is 9.99. The Kier molecular flexibility index (Phi) is 3.71. The number of nitrogens with one attached hydrogen (secondary N) is 1. The zero-order valence-electron chi connectivity index (χ0n) is 8.29. The minimum atomic E-state index is -1.24. The van der Waals surface area contributed by atoms with Gasteiger partial charge in [-0.05, 0) is 35.0 Å². The molecule has 1 heterocycles. The SMILES string of the molecule is C=CCNC(C)(C(=O)O)c1ccc(Br)o1. The predicted octanol–water partition coefficient (Wildman–Crippen LogP) is 2.12. The monoisotopic (exact) mass is 273 g/mol. The zero-order valence-corrected chi connectivity index (χ0v) is 9.87. The van der Waals surface area contributed by atoms with Crippen LogP contribution in [0.2, 0.25) is 0 Å². The summed E-state index contributed by atoms with van der Waals surface area (Å²) in [6.07, 6.45) is 1.60. The van der Waals surface area contributed by atoms with E-state index in [0.29, 0.717) is 17.0 Å². The quantitative estimate of drug-likeness (QED) is 0.807. The summed E-state index contributed by atoms with van der Waals surface area (Å²) in [4.78, 5) is 11.2. The number of carboxylic acid groups (broad SMARTS) is 1. The normalized spacial score (nSPS) is 14.5. The smallest absolute Gasteiger partial charge is 0.331 e. The molecular weight excluding hydrogens is 262 g/mol. The lowest BCUT2D eigenvalue weighted by Gasteiger charge is -2.23. The van der Waals surface area contributed by atoms with E-state index in [1.54, 1.807) is 25.1 Å². The number of carboxylic acids is 1. The molecule has 0 aromatic carbocycles. The third-order valence-electron chi connectivity index (χ3n) is 2.09. The van der Waals surface area contributed by atoms with Crippen molar-refractivity contribution in [3.63, 3.8) is 0 Å². The second-order valence-electron chi connectivity index (χ2n) is 3.20. The van der Waals surface area contributed by atoms with E-state index < -0.39 is 11.5 Å². The zero-order chi connectivity index (χ0) is 11.5. The molecule has 4 nitrogen and oxygen atoms in total. The Bertz CT molecular complexity index is 374. The number of hydrogen-bond acceptors (Lipinski definition) is 3. The van der Waals surface area contributed by atoms with Crippen LogP contribution in [-0.2, 0) is 10.3 Å². The maximum absolute atomic E-state index is 11.2. The second-order valence-corrected chi connectivity index (χ2v) is 3.99. The first kappa shape index (κ1) is 12.0. The Morgan fingerprint density at radius 3 is 2.87 bits per heavy atom. The summed E-state index contributed by atoms with van der Waals surface area (Å²) in [6.45, 7) is 5.46. The molecule has 1 aromatic rings. The van der Waals surface area contributed by atoms with Crippen LogP contribution in [0.1, 0.15) is 12.7 Å². The number of carbonyl (C=O) groups is 1. The molecule has 2 N–H and O–H groups in total. The van der Waals surface area contributed by atoms with Gasteiger partial charge in [-0.3, -0.25) is 5.32 Å². The Morgan fingerprint density at radius 1 is 1.80 bits per heavy atom. The first-order chi connectivity index (χ1) is 7.00. The Labute approximate surface area is 96.1 Å². The first-order valence-electron chi connectivity index (χ1n) is 4.36. The molecule has 15 heavy (non-hydrogen) atoms. The van der Waals surface area contributed by atoms with Crippen LogP contribution in [-0.4, -0.2) is 17.6 Å². The van der Waals surface area contributed by atoms with E-state index in [0.717, 1.165) is 0 Å². The van der Waals surface area contributed by atoms with E-state index in [4.69, 9.17) is 9.52 Å². The summed E-state index contributed by atoms with van der Waals surface area (Å²) in [5.41, 5.74) is -1.24. The molecule has 0 saturated heterocycles. The van der Waals surface area contributed by atoms with E-state index in [1.165, 1.54) is 0 Å². The number of rotatable bonds is 5. The highest BCUT2D eigenvalue weighted by molar-refractivity contribution is 9.10. The molecule has 1 aromatic heterocycles. The lowest BCUT2D eigenvalue weighted by molar-refractivity contribution is -0.145. The number of halogens is 1. The van der Waals surface area contributed by atoms with Gasteiger partial charge in [0, 0.05) is 6.54 Å². The van der Waals surface area contributed by atoms with Crippen molar-refractivity contribution in [1.82, 2.24) is 5.32 Å². The van der Waals surface area contributed by atoms with Gasteiger partial charge in [0.05, 0.1) is 0 Å². The fourth-order valence-electron chi connectivity index (χ4n) is 1.13. The average Bonchev–Trinajstić information content (AvgIpc) is 2.61. The van der Waals surface area contributed by atoms with Crippen molar-refractivity contribution in [1.29, 1.82) is 0 Å². The maximum Gasteiger partial charge on any atom is 0.331 e. The molecule has 0 bridgehead atoms. The van der Waals surface area contributed by atoms with Gasteiger partial charge in [0.2, 0.25) is 0 Å². The van der Waals surface area contributed by atoms with Gasteiger partial charge in [-0.2, -0.15) is 0 Å². The van der Waals surface area contributed by atoms with Crippen molar-refractivity contribution in [2.45, 2.75) is 12.5 Å². The molecule has 1 atom stereocenters. The van der Waals surface area contributed by atoms with Gasteiger partial charge in [0.25, 0.3) is 0 Å². The molecule has 0 radical (unpaired) electrons. The second kappa shape index (κ2) is 4.63. The Morgan fingerprint density at radius 2 is 2.47 bits per heavy atom. The summed E-state index contributed by atoms with van der Waals surface area (Å²) < 4.78 is 5.75. The van der Waals surface area contributed by atoms with Crippen molar-refractivity contribution in [2.24, 2.45) is 0 Å². The molecule has 0 aliphatic rings. The van der Waals surface area contributed by atoms with Crippen molar-refractivity contribution < 1.29 is 14.3 Å². The first-order valence-corrected chi connectivity index (χ1v) is 5.15. The fourth-order valence-corrected chi connectivity index (χ4v) is 1.43. The van der Waals surface area contributed by atoms with Crippen LogP contribution < -0.4 is 5.32 Å². The van der Waals surface area contributed by atoms with Crippen molar-refractivity contribution in [3.8, 4) is 0 Å². The van der Waals surface area contributed by atoms with E-state index in [-0.39, 0.29) is 0 Å². The van der Waals surface area contributed by atoms with Crippen molar-refractivity contribution >= 4 is 21.9 Å².